The average Bonchev–Trinajstić information content (AvgIpc) is 2.29. The zero-order valence-electron chi connectivity index (χ0n) is 10.4. The van der Waals surface area contributed by atoms with Gasteiger partial charge in [-0.25, -0.2) is 0 Å². The molecule has 0 radical (unpaired) electrons. The average molecular weight is 242 g/mol. The number of hydrogen-bond donors (Lipinski definition) is 2. The van der Waals surface area contributed by atoms with Crippen LogP contribution in [0.25, 0.3) is 0 Å². The fourth-order valence-corrected chi connectivity index (χ4v) is 1.95. The molecule has 0 aromatic heterocycles. The van der Waals surface area contributed by atoms with Gasteiger partial charge in [0.15, 0.2) is 0 Å². The molecule has 17 heavy (non-hydrogen) atoms. The smallest absolute Gasteiger partial charge is 0.303 e. The summed E-state index contributed by atoms with van der Waals surface area (Å²) in [6.45, 7) is 5.96. The normalized spacial score (nSPS) is 17.9. The van der Waals surface area contributed by atoms with Gasteiger partial charge in [-0.05, 0) is 31.8 Å². The summed E-state index contributed by atoms with van der Waals surface area (Å²) >= 11 is 0. The van der Waals surface area contributed by atoms with E-state index in [9.17, 15) is 9.59 Å². The summed E-state index contributed by atoms with van der Waals surface area (Å²) in [4.78, 5) is 23.9. The highest BCUT2D eigenvalue weighted by Gasteiger charge is 2.15. The van der Waals surface area contributed by atoms with E-state index in [0.29, 0.717) is 6.54 Å². The molecule has 5 nitrogen and oxygen atoms in total. The predicted octanol–water partition coefficient (Wildman–Crippen LogP) is 0.699. The second-order valence-corrected chi connectivity index (χ2v) is 4.77. The van der Waals surface area contributed by atoms with Gasteiger partial charge in [-0.3, -0.25) is 9.59 Å². The Balaban J connectivity index is 2.03. The molecule has 1 fully saturated rings. The SMILES string of the molecule is CC1CCN(CCNC(=O)CCC(=O)O)CC1. The monoisotopic (exact) mass is 242 g/mol. The van der Waals surface area contributed by atoms with Crippen molar-refractivity contribution in [3.05, 3.63) is 0 Å². The summed E-state index contributed by atoms with van der Waals surface area (Å²) in [5.41, 5.74) is 0. The van der Waals surface area contributed by atoms with Crippen molar-refractivity contribution >= 4 is 11.9 Å². The van der Waals surface area contributed by atoms with Gasteiger partial charge in [0.25, 0.3) is 0 Å². The molecule has 0 atom stereocenters. The Morgan fingerprint density at radius 3 is 2.53 bits per heavy atom. The lowest BCUT2D eigenvalue weighted by Crippen LogP contribution is -2.39. The van der Waals surface area contributed by atoms with Crippen LogP contribution in [0.1, 0.15) is 32.6 Å². The molecule has 0 unspecified atom stereocenters. The van der Waals surface area contributed by atoms with Gasteiger partial charge >= 0.3 is 5.97 Å². The number of carboxylic acid groups (broad SMARTS) is 1. The van der Waals surface area contributed by atoms with E-state index in [1.807, 2.05) is 0 Å². The highest BCUT2D eigenvalue weighted by atomic mass is 16.4. The molecule has 1 saturated heterocycles. The van der Waals surface area contributed by atoms with Gasteiger partial charge in [-0.15, -0.1) is 0 Å². The van der Waals surface area contributed by atoms with Crippen molar-refractivity contribution < 1.29 is 14.7 Å². The largest absolute Gasteiger partial charge is 0.481 e. The van der Waals surface area contributed by atoms with Crippen molar-refractivity contribution in [2.45, 2.75) is 32.6 Å². The number of piperidine rings is 1. The summed E-state index contributed by atoms with van der Waals surface area (Å²) < 4.78 is 0. The Hall–Kier alpha value is -1.10. The fraction of sp³-hybridized carbons (Fsp3) is 0.833. The molecule has 0 saturated carbocycles. The lowest BCUT2D eigenvalue weighted by atomic mass is 9.99. The van der Waals surface area contributed by atoms with Crippen LogP contribution in [-0.4, -0.2) is 48.1 Å². The second-order valence-electron chi connectivity index (χ2n) is 4.77. The zero-order valence-corrected chi connectivity index (χ0v) is 10.4. The van der Waals surface area contributed by atoms with E-state index in [2.05, 4.69) is 17.1 Å². The van der Waals surface area contributed by atoms with Gasteiger partial charge in [0, 0.05) is 19.5 Å². The van der Waals surface area contributed by atoms with Crippen molar-refractivity contribution in [3.8, 4) is 0 Å². The van der Waals surface area contributed by atoms with Crippen LogP contribution < -0.4 is 5.32 Å². The molecule has 98 valence electrons. The quantitative estimate of drug-likeness (QED) is 0.719. The number of rotatable bonds is 6. The number of nitrogens with zero attached hydrogens (tertiary/aromatic N) is 1. The van der Waals surface area contributed by atoms with Crippen LogP contribution >= 0.6 is 0 Å². The number of carbonyl (C=O) groups excluding carboxylic acids is 1. The Labute approximate surface area is 102 Å². The third-order valence-corrected chi connectivity index (χ3v) is 3.19. The number of amides is 1. The van der Waals surface area contributed by atoms with E-state index in [0.717, 1.165) is 25.6 Å². The first-order chi connectivity index (χ1) is 8.08. The minimum absolute atomic E-state index is 0.0758. The van der Waals surface area contributed by atoms with Crippen molar-refractivity contribution in [2.24, 2.45) is 5.92 Å². The summed E-state index contributed by atoms with van der Waals surface area (Å²) in [6, 6.07) is 0. The summed E-state index contributed by atoms with van der Waals surface area (Å²) in [7, 11) is 0. The molecule has 0 aromatic carbocycles. The van der Waals surface area contributed by atoms with E-state index in [4.69, 9.17) is 5.11 Å². The minimum atomic E-state index is -0.926. The van der Waals surface area contributed by atoms with Crippen LogP contribution in [0, 0.1) is 5.92 Å². The van der Waals surface area contributed by atoms with E-state index in [1.165, 1.54) is 12.8 Å². The Bertz CT molecular complexity index is 260. The minimum Gasteiger partial charge on any atom is -0.481 e. The summed E-state index contributed by atoms with van der Waals surface area (Å²) in [5, 5.41) is 11.2. The van der Waals surface area contributed by atoms with Crippen LogP contribution in [0.15, 0.2) is 0 Å². The molecule has 1 aliphatic heterocycles. The van der Waals surface area contributed by atoms with Crippen LogP contribution in [0.5, 0.6) is 0 Å². The van der Waals surface area contributed by atoms with Crippen molar-refractivity contribution in [3.63, 3.8) is 0 Å². The van der Waals surface area contributed by atoms with Gasteiger partial charge in [0.2, 0.25) is 5.91 Å². The van der Waals surface area contributed by atoms with Crippen LogP contribution in [0.4, 0.5) is 0 Å². The Morgan fingerprint density at radius 2 is 1.94 bits per heavy atom. The van der Waals surface area contributed by atoms with E-state index >= 15 is 0 Å². The first kappa shape index (κ1) is 14.0. The molecular weight excluding hydrogens is 220 g/mol. The van der Waals surface area contributed by atoms with Gasteiger partial charge in [0.1, 0.15) is 0 Å². The standard InChI is InChI=1S/C12H22N2O3/c1-10-4-7-14(8-5-10)9-6-13-11(15)2-3-12(16)17/h10H,2-9H2,1H3,(H,13,15)(H,16,17). The maximum absolute atomic E-state index is 11.2. The molecule has 1 heterocycles. The van der Waals surface area contributed by atoms with Crippen LogP contribution in [0.2, 0.25) is 0 Å². The molecule has 1 aliphatic rings. The second kappa shape index (κ2) is 7.27. The number of nitrogens with one attached hydrogen (secondary N) is 1. The van der Waals surface area contributed by atoms with E-state index in [-0.39, 0.29) is 18.7 Å². The molecule has 0 aliphatic carbocycles. The molecule has 1 rings (SSSR count). The zero-order chi connectivity index (χ0) is 12.7. The Kier molecular flexibility index (Phi) is 5.97. The molecular formula is C12H22N2O3. The van der Waals surface area contributed by atoms with Crippen molar-refractivity contribution in [1.82, 2.24) is 10.2 Å². The summed E-state index contributed by atoms with van der Waals surface area (Å²) in [5.74, 6) is -0.278. The van der Waals surface area contributed by atoms with Crippen molar-refractivity contribution in [2.75, 3.05) is 26.2 Å². The van der Waals surface area contributed by atoms with Gasteiger partial charge in [-0.1, -0.05) is 6.92 Å². The number of likely N-dealkylation sites (tertiary alicyclic amines) is 1. The molecule has 0 aromatic rings. The molecule has 2 N–H and O–H groups in total. The maximum atomic E-state index is 11.2. The molecule has 0 bridgehead atoms. The molecule has 1 amide bonds. The van der Waals surface area contributed by atoms with Crippen LogP contribution in [0.3, 0.4) is 0 Å². The Morgan fingerprint density at radius 1 is 1.29 bits per heavy atom. The maximum Gasteiger partial charge on any atom is 0.303 e. The number of carbonyl (C=O) groups is 2. The lowest BCUT2D eigenvalue weighted by molar-refractivity contribution is -0.138. The van der Waals surface area contributed by atoms with Gasteiger partial charge in [0.05, 0.1) is 6.42 Å². The fourth-order valence-electron chi connectivity index (χ4n) is 1.95. The number of carboxylic acids is 1. The van der Waals surface area contributed by atoms with Crippen molar-refractivity contribution in [1.29, 1.82) is 0 Å². The first-order valence-corrected chi connectivity index (χ1v) is 6.29. The van der Waals surface area contributed by atoms with Gasteiger partial charge in [-0.2, -0.15) is 0 Å². The van der Waals surface area contributed by atoms with E-state index in [1.54, 1.807) is 0 Å². The van der Waals surface area contributed by atoms with Crippen LogP contribution in [-0.2, 0) is 9.59 Å². The predicted molar refractivity (Wildman–Crippen MR) is 64.7 cm³/mol. The third-order valence-electron chi connectivity index (χ3n) is 3.19. The number of aliphatic carboxylic acids is 1. The topological polar surface area (TPSA) is 69.6 Å². The number of hydrogen-bond acceptors (Lipinski definition) is 3. The highest BCUT2D eigenvalue weighted by Crippen LogP contribution is 2.14. The first-order valence-electron chi connectivity index (χ1n) is 6.29. The molecule has 0 spiro atoms. The third kappa shape index (κ3) is 6.26. The highest BCUT2D eigenvalue weighted by molar-refractivity contribution is 5.80. The molecule has 5 heteroatoms. The van der Waals surface area contributed by atoms with E-state index < -0.39 is 5.97 Å². The summed E-state index contributed by atoms with van der Waals surface area (Å²) in [6.07, 6.45) is 2.44. The van der Waals surface area contributed by atoms with Gasteiger partial charge < -0.3 is 15.3 Å². The lowest BCUT2D eigenvalue weighted by Gasteiger charge is -2.30.